The van der Waals surface area contributed by atoms with Crippen LogP contribution in [0.2, 0.25) is 0 Å². The second kappa shape index (κ2) is 9.13. The summed E-state index contributed by atoms with van der Waals surface area (Å²) in [6, 6.07) is 7.66. The molecule has 2 aromatic rings. The Morgan fingerprint density at radius 3 is 2.42 bits per heavy atom. The number of hydrogen-bond donors (Lipinski definition) is 1. The molecule has 3 aliphatic heterocycles. The van der Waals surface area contributed by atoms with E-state index in [4.69, 9.17) is 9.47 Å². The van der Waals surface area contributed by atoms with Gasteiger partial charge in [-0.3, -0.25) is 4.79 Å². The van der Waals surface area contributed by atoms with Crippen molar-refractivity contribution >= 4 is 17.5 Å². The third-order valence-electron chi connectivity index (χ3n) is 6.64. The van der Waals surface area contributed by atoms with Crippen molar-refractivity contribution in [3.05, 3.63) is 42.0 Å². The molecule has 1 amide bonds. The molecule has 3 saturated heterocycles. The third-order valence-corrected chi connectivity index (χ3v) is 6.64. The number of morpholine rings is 1. The van der Waals surface area contributed by atoms with Crippen LogP contribution in [0.5, 0.6) is 5.75 Å². The second-order valence-corrected chi connectivity index (χ2v) is 9.16. The molecule has 0 radical (unpaired) electrons. The van der Waals surface area contributed by atoms with Gasteiger partial charge in [0.25, 0.3) is 0 Å². The highest BCUT2D eigenvalue weighted by Gasteiger charge is 2.36. The molecule has 0 spiro atoms. The number of fused-ring (bicyclic) bond motifs is 2. The highest BCUT2D eigenvalue weighted by molar-refractivity contribution is 5.73. The van der Waals surface area contributed by atoms with Gasteiger partial charge >= 0.3 is 0 Å². The number of amides is 1. The van der Waals surface area contributed by atoms with E-state index in [1.165, 1.54) is 13.3 Å². The van der Waals surface area contributed by atoms with Gasteiger partial charge in [-0.25, -0.2) is 9.97 Å². The van der Waals surface area contributed by atoms with Gasteiger partial charge in [0.1, 0.15) is 18.2 Å². The molecule has 1 aromatic heterocycles. The van der Waals surface area contributed by atoms with Crippen molar-refractivity contribution in [2.75, 3.05) is 36.0 Å². The molecular weight excluding hydrogens is 425 g/mol. The molecule has 2 bridgehead atoms. The molecule has 0 unspecified atom stereocenters. The Hall–Kier alpha value is -2.94. The van der Waals surface area contributed by atoms with Crippen LogP contribution in [-0.2, 0) is 9.53 Å². The smallest absolute Gasteiger partial charge is 0.217 e. The van der Waals surface area contributed by atoms with Crippen molar-refractivity contribution in [2.45, 2.75) is 57.5 Å². The first-order chi connectivity index (χ1) is 16.0. The average molecular weight is 456 g/mol. The van der Waals surface area contributed by atoms with Crippen LogP contribution < -0.4 is 19.9 Å². The predicted octanol–water partition coefficient (Wildman–Crippen LogP) is 2.84. The Morgan fingerprint density at radius 1 is 1.09 bits per heavy atom. The van der Waals surface area contributed by atoms with E-state index in [9.17, 15) is 4.79 Å². The van der Waals surface area contributed by atoms with Crippen LogP contribution in [0.1, 0.15) is 44.7 Å². The summed E-state index contributed by atoms with van der Waals surface area (Å²) in [5.41, 5.74) is 1.01. The van der Waals surface area contributed by atoms with E-state index in [1.54, 1.807) is 0 Å². The summed E-state index contributed by atoms with van der Waals surface area (Å²) in [5.74, 6) is 1.04. The van der Waals surface area contributed by atoms with Gasteiger partial charge < -0.3 is 24.6 Å². The molecule has 176 valence electrons. The molecule has 5 rings (SSSR count). The monoisotopic (exact) mass is 455 g/mol. The summed E-state index contributed by atoms with van der Waals surface area (Å²) >= 11 is 0. The lowest BCUT2D eigenvalue weighted by atomic mass is 10.1. The van der Waals surface area contributed by atoms with Crippen LogP contribution in [0.25, 0.3) is 0 Å². The molecule has 8 nitrogen and oxygen atoms in total. The number of aromatic nitrogens is 2. The molecule has 1 aromatic carbocycles. The van der Waals surface area contributed by atoms with Crippen LogP contribution in [0.3, 0.4) is 0 Å². The number of carbonyl (C=O) groups excluding carboxylic acids is 1. The Kier molecular flexibility index (Phi) is 6.05. The molecule has 4 atom stereocenters. The van der Waals surface area contributed by atoms with Crippen molar-refractivity contribution in [1.29, 1.82) is 0 Å². The van der Waals surface area contributed by atoms with Gasteiger partial charge in [0.15, 0.2) is 11.6 Å². The first-order valence-electron chi connectivity index (χ1n) is 11.7. The number of ether oxygens (including phenoxy) is 2. The summed E-state index contributed by atoms with van der Waals surface area (Å²) in [6.07, 6.45) is 4.56. The minimum atomic E-state index is -0.365. The number of halogens is 1. The fourth-order valence-corrected chi connectivity index (χ4v) is 5.01. The average Bonchev–Trinajstić information content (AvgIpc) is 3.39. The Balaban J connectivity index is 1.22. The Labute approximate surface area is 193 Å². The summed E-state index contributed by atoms with van der Waals surface area (Å²) in [4.78, 5) is 23.7. The van der Waals surface area contributed by atoms with Gasteiger partial charge in [-0.1, -0.05) is 12.1 Å². The Bertz CT molecular complexity index is 992. The maximum Gasteiger partial charge on any atom is 0.217 e. The molecule has 3 aliphatic rings. The zero-order chi connectivity index (χ0) is 22.9. The third kappa shape index (κ3) is 4.73. The predicted molar refractivity (Wildman–Crippen MR) is 122 cm³/mol. The van der Waals surface area contributed by atoms with E-state index < -0.39 is 0 Å². The number of nitrogens with zero attached hydrogens (tertiary/aromatic N) is 4. The molecular formula is C24H30FN5O3. The highest BCUT2D eigenvalue weighted by atomic mass is 19.1. The van der Waals surface area contributed by atoms with E-state index in [-0.39, 0.29) is 36.1 Å². The number of hydrogen-bond acceptors (Lipinski definition) is 7. The SMILES string of the molecule is CC(=O)N[C@@H](C)c1ccc(O[C@@H]2CCN(c3ncnc(N4C[C@@H]5CC[C@@H](C4)O5)c3F)C2)cc1. The van der Waals surface area contributed by atoms with Crippen molar-refractivity contribution in [3.8, 4) is 5.75 Å². The summed E-state index contributed by atoms with van der Waals surface area (Å²) in [7, 11) is 0. The van der Waals surface area contributed by atoms with Gasteiger partial charge in [0, 0.05) is 33.0 Å². The quantitative estimate of drug-likeness (QED) is 0.718. The maximum atomic E-state index is 15.4. The number of benzene rings is 1. The van der Waals surface area contributed by atoms with E-state index in [0.29, 0.717) is 37.8 Å². The fourth-order valence-electron chi connectivity index (χ4n) is 5.01. The van der Waals surface area contributed by atoms with Crippen molar-refractivity contribution in [2.24, 2.45) is 0 Å². The minimum Gasteiger partial charge on any atom is -0.489 e. The lowest BCUT2D eigenvalue weighted by Crippen LogP contribution is -2.43. The molecule has 0 saturated carbocycles. The normalized spacial score (nSPS) is 25.2. The van der Waals surface area contributed by atoms with Gasteiger partial charge in [-0.15, -0.1) is 0 Å². The molecule has 3 fully saturated rings. The van der Waals surface area contributed by atoms with Gasteiger partial charge in [-0.2, -0.15) is 4.39 Å². The lowest BCUT2D eigenvalue weighted by molar-refractivity contribution is -0.119. The molecule has 0 aliphatic carbocycles. The van der Waals surface area contributed by atoms with E-state index in [2.05, 4.69) is 15.3 Å². The van der Waals surface area contributed by atoms with Gasteiger partial charge in [0.2, 0.25) is 11.7 Å². The number of rotatable bonds is 6. The molecule has 33 heavy (non-hydrogen) atoms. The first-order valence-corrected chi connectivity index (χ1v) is 11.7. The fraction of sp³-hybridized carbons (Fsp3) is 0.542. The zero-order valence-electron chi connectivity index (χ0n) is 19.0. The lowest BCUT2D eigenvalue weighted by Gasteiger charge is -2.33. The summed E-state index contributed by atoms with van der Waals surface area (Å²) in [6.45, 7) is 6.03. The number of anilines is 2. The van der Waals surface area contributed by atoms with Gasteiger partial charge in [0.05, 0.1) is 24.8 Å². The van der Waals surface area contributed by atoms with Gasteiger partial charge in [-0.05, 0) is 37.5 Å². The summed E-state index contributed by atoms with van der Waals surface area (Å²) < 4.78 is 27.4. The topological polar surface area (TPSA) is 79.8 Å². The van der Waals surface area contributed by atoms with E-state index in [1.807, 2.05) is 41.0 Å². The number of nitrogens with one attached hydrogen (secondary N) is 1. The molecule has 9 heteroatoms. The maximum absolute atomic E-state index is 15.4. The molecule has 4 heterocycles. The molecule has 1 N–H and O–H groups in total. The minimum absolute atomic E-state index is 0.0549. The van der Waals surface area contributed by atoms with Crippen LogP contribution in [-0.4, -0.2) is 60.4 Å². The van der Waals surface area contributed by atoms with Crippen LogP contribution >= 0.6 is 0 Å². The van der Waals surface area contributed by atoms with Crippen molar-refractivity contribution < 1.29 is 18.7 Å². The van der Waals surface area contributed by atoms with E-state index >= 15 is 4.39 Å². The second-order valence-electron chi connectivity index (χ2n) is 9.16. The van der Waals surface area contributed by atoms with Crippen molar-refractivity contribution in [1.82, 2.24) is 15.3 Å². The zero-order valence-corrected chi connectivity index (χ0v) is 19.0. The first kappa shape index (κ1) is 21.9. The summed E-state index contributed by atoms with van der Waals surface area (Å²) in [5, 5.41) is 2.87. The van der Waals surface area contributed by atoms with Crippen molar-refractivity contribution in [3.63, 3.8) is 0 Å². The highest BCUT2D eigenvalue weighted by Crippen LogP contribution is 2.33. The van der Waals surface area contributed by atoms with E-state index in [0.717, 1.165) is 30.6 Å². The number of carbonyl (C=O) groups is 1. The van der Waals surface area contributed by atoms with Crippen LogP contribution in [0.4, 0.5) is 16.0 Å². The largest absolute Gasteiger partial charge is 0.489 e. The Morgan fingerprint density at radius 2 is 1.76 bits per heavy atom. The van der Waals surface area contributed by atoms with Crippen LogP contribution in [0, 0.1) is 5.82 Å². The van der Waals surface area contributed by atoms with Crippen LogP contribution in [0.15, 0.2) is 30.6 Å². The standard InChI is InChI=1S/C24H30FN5O3/c1-15(28-16(2)31)17-3-5-18(6-4-17)32-21-9-10-29(11-21)23-22(25)24(27-14-26-23)30-12-19-7-8-20(13-30)33-19/h3-6,14-15,19-21H,7-13H2,1-2H3,(H,28,31)/t15-,19-,20-,21+/m0/s1.